The van der Waals surface area contributed by atoms with Gasteiger partial charge in [0.05, 0.1) is 11.6 Å². The highest BCUT2D eigenvalue weighted by atomic mass is 16.6. The first-order valence-corrected chi connectivity index (χ1v) is 7.39. The van der Waals surface area contributed by atoms with Gasteiger partial charge in [-0.25, -0.2) is 9.59 Å². The number of nitrogens with zero attached hydrogens (tertiary/aromatic N) is 2. The topological polar surface area (TPSA) is 109 Å². The van der Waals surface area contributed by atoms with E-state index in [0.717, 1.165) is 4.90 Å². The highest BCUT2D eigenvalue weighted by Crippen LogP contribution is 2.14. The molecule has 1 aliphatic rings. The van der Waals surface area contributed by atoms with Gasteiger partial charge in [0.1, 0.15) is 5.75 Å². The lowest BCUT2D eigenvalue weighted by atomic mass is 10.2. The summed E-state index contributed by atoms with van der Waals surface area (Å²) in [6.07, 6.45) is -2.03. The smallest absolute Gasteiger partial charge is 0.347 e. The molecule has 0 aromatic heterocycles. The molecule has 0 radical (unpaired) electrons. The monoisotopic (exact) mass is 331 g/mol. The number of imide groups is 1. The summed E-state index contributed by atoms with van der Waals surface area (Å²) < 4.78 is 10.5. The molecule has 1 aromatic carbocycles. The molecule has 1 saturated heterocycles. The van der Waals surface area contributed by atoms with E-state index in [1.165, 1.54) is 13.8 Å². The van der Waals surface area contributed by atoms with Gasteiger partial charge in [-0.15, -0.1) is 0 Å². The fraction of sp³-hybridized carbons (Fsp3) is 0.375. The summed E-state index contributed by atoms with van der Waals surface area (Å²) in [6, 6.07) is 7.73. The van der Waals surface area contributed by atoms with Gasteiger partial charge in [-0.05, 0) is 38.1 Å². The average Bonchev–Trinajstić information content (AvgIpc) is 3.00. The Hall–Kier alpha value is -3.08. The number of benzene rings is 1. The van der Waals surface area contributed by atoms with Crippen LogP contribution in [0.25, 0.3) is 0 Å². The van der Waals surface area contributed by atoms with E-state index >= 15 is 0 Å². The summed E-state index contributed by atoms with van der Waals surface area (Å²) in [4.78, 5) is 36.5. The number of carbonyl (C=O) groups excluding carboxylic acids is 3. The predicted octanol–water partition coefficient (Wildman–Crippen LogP) is 0.809. The van der Waals surface area contributed by atoms with Crippen LogP contribution in [-0.4, -0.2) is 48.1 Å². The molecule has 8 nitrogen and oxygen atoms in total. The van der Waals surface area contributed by atoms with Gasteiger partial charge in [0.15, 0.2) is 12.2 Å². The molecule has 0 aliphatic carbocycles. The molecule has 1 aliphatic heterocycles. The molecule has 1 heterocycles. The zero-order valence-corrected chi connectivity index (χ0v) is 13.3. The van der Waals surface area contributed by atoms with Crippen molar-refractivity contribution in [3.8, 4) is 11.8 Å². The highest BCUT2D eigenvalue weighted by molar-refractivity contribution is 5.98. The fourth-order valence-electron chi connectivity index (χ4n) is 2.08. The maximum absolute atomic E-state index is 12.1. The standard InChI is InChI=1S/C16H17N3O5/c1-10(14(20)19-8-7-18-16(19)22)24-15(21)11(2)23-13-5-3-12(9-17)4-6-13/h3-6,10-11H,7-8H2,1-2H3,(H,18,22)/t10-,11+/m1/s1. The van der Waals surface area contributed by atoms with Crippen LogP contribution in [0.5, 0.6) is 5.75 Å². The second-order valence-electron chi connectivity index (χ2n) is 5.20. The molecular weight excluding hydrogens is 314 g/mol. The molecule has 1 N–H and O–H groups in total. The van der Waals surface area contributed by atoms with Gasteiger partial charge >= 0.3 is 12.0 Å². The molecule has 0 saturated carbocycles. The second-order valence-corrected chi connectivity index (χ2v) is 5.20. The Balaban J connectivity index is 1.89. The van der Waals surface area contributed by atoms with Crippen molar-refractivity contribution >= 4 is 17.9 Å². The minimum absolute atomic E-state index is 0.247. The van der Waals surface area contributed by atoms with E-state index in [4.69, 9.17) is 14.7 Å². The van der Waals surface area contributed by atoms with E-state index in [0.29, 0.717) is 17.9 Å². The van der Waals surface area contributed by atoms with Crippen molar-refractivity contribution in [2.24, 2.45) is 0 Å². The van der Waals surface area contributed by atoms with Gasteiger partial charge in [0.25, 0.3) is 5.91 Å². The summed E-state index contributed by atoms with van der Waals surface area (Å²) in [6.45, 7) is 3.51. The first-order valence-electron chi connectivity index (χ1n) is 7.39. The summed E-state index contributed by atoms with van der Waals surface area (Å²) in [5.74, 6) is -0.903. The Morgan fingerprint density at radius 2 is 1.92 bits per heavy atom. The van der Waals surface area contributed by atoms with Crippen molar-refractivity contribution in [2.75, 3.05) is 13.1 Å². The number of hydrogen-bond acceptors (Lipinski definition) is 6. The van der Waals surface area contributed by atoms with Crippen LogP contribution in [-0.2, 0) is 14.3 Å². The van der Waals surface area contributed by atoms with Gasteiger partial charge in [-0.3, -0.25) is 9.69 Å². The van der Waals surface area contributed by atoms with E-state index in [2.05, 4.69) is 5.32 Å². The van der Waals surface area contributed by atoms with Crippen molar-refractivity contribution in [3.05, 3.63) is 29.8 Å². The zero-order chi connectivity index (χ0) is 17.7. The minimum Gasteiger partial charge on any atom is -0.479 e. The third kappa shape index (κ3) is 4.01. The number of ether oxygens (including phenoxy) is 2. The molecule has 1 fully saturated rings. The Bertz CT molecular complexity index is 680. The predicted molar refractivity (Wildman–Crippen MR) is 81.9 cm³/mol. The van der Waals surface area contributed by atoms with Crippen molar-refractivity contribution in [1.29, 1.82) is 5.26 Å². The fourth-order valence-corrected chi connectivity index (χ4v) is 2.08. The Kier molecular flexibility index (Phi) is 5.37. The molecule has 24 heavy (non-hydrogen) atoms. The number of carbonyl (C=O) groups is 3. The van der Waals surface area contributed by atoms with E-state index in [-0.39, 0.29) is 6.54 Å². The normalized spacial score (nSPS) is 15.9. The van der Waals surface area contributed by atoms with Crippen LogP contribution in [0.3, 0.4) is 0 Å². The van der Waals surface area contributed by atoms with Gasteiger partial charge < -0.3 is 14.8 Å². The molecule has 1 aromatic rings. The summed E-state index contributed by atoms with van der Waals surface area (Å²) in [5.41, 5.74) is 0.473. The third-order valence-electron chi connectivity index (χ3n) is 3.39. The van der Waals surface area contributed by atoms with E-state index < -0.39 is 30.1 Å². The Morgan fingerprint density at radius 3 is 2.46 bits per heavy atom. The first-order chi connectivity index (χ1) is 11.4. The number of esters is 1. The van der Waals surface area contributed by atoms with E-state index in [9.17, 15) is 14.4 Å². The molecule has 126 valence electrons. The summed E-state index contributed by atoms with van der Waals surface area (Å²) >= 11 is 0. The van der Waals surface area contributed by atoms with Crippen LogP contribution in [0.15, 0.2) is 24.3 Å². The average molecular weight is 331 g/mol. The second kappa shape index (κ2) is 7.46. The van der Waals surface area contributed by atoms with Crippen LogP contribution in [0.2, 0.25) is 0 Å². The Morgan fingerprint density at radius 1 is 1.25 bits per heavy atom. The number of nitriles is 1. The lowest BCUT2D eigenvalue weighted by molar-refractivity contribution is -0.163. The quantitative estimate of drug-likeness (QED) is 0.800. The molecule has 0 spiro atoms. The van der Waals surface area contributed by atoms with Crippen molar-refractivity contribution < 1.29 is 23.9 Å². The van der Waals surface area contributed by atoms with Crippen LogP contribution < -0.4 is 10.1 Å². The number of nitrogens with one attached hydrogen (secondary N) is 1. The van der Waals surface area contributed by atoms with Crippen LogP contribution in [0.1, 0.15) is 19.4 Å². The van der Waals surface area contributed by atoms with E-state index in [1.54, 1.807) is 24.3 Å². The van der Waals surface area contributed by atoms with Gasteiger partial charge in [0, 0.05) is 13.1 Å². The SMILES string of the molecule is C[C@H](Oc1ccc(C#N)cc1)C(=O)O[C@H](C)C(=O)N1CCNC1=O. The Labute approximate surface area is 138 Å². The summed E-state index contributed by atoms with van der Waals surface area (Å²) in [5, 5.41) is 11.2. The van der Waals surface area contributed by atoms with Crippen molar-refractivity contribution in [3.63, 3.8) is 0 Å². The number of urea groups is 1. The van der Waals surface area contributed by atoms with Crippen LogP contribution in [0, 0.1) is 11.3 Å². The largest absolute Gasteiger partial charge is 0.479 e. The van der Waals surface area contributed by atoms with E-state index in [1.807, 2.05) is 6.07 Å². The van der Waals surface area contributed by atoms with Crippen LogP contribution in [0.4, 0.5) is 4.79 Å². The highest BCUT2D eigenvalue weighted by Gasteiger charge is 2.32. The molecule has 8 heteroatoms. The van der Waals surface area contributed by atoms with Crippen molar-refractivity contribution in [2.45, 2.75) is 26.1 Å². The maximum Gasteiger partial charge on any atom is 0.347 e. The molecule has 0 unspecified atom stereocenters. The van der Waals surface area contributed by atoms with Crippen LogP contribution >= 0.6 is 0 Å². The number of rotatable bonds is 5. The summed E-state index contributed by atoms with van der Waals surface area (Å²) in [7, 11) is 0. The molecule has 0 bridgehead atoms. The maximum atomic E-state index is 12.1. The number of hydrogen-bond donors (Lipinski definition) is 1. The lowest BCUT2D eigenvalue weighted by Crippen LogP contribution is -2.43. The zero-order valence-electron chi connectivity index (χ0n) is 13.3. The molecule has 2 atom stereocenters. The third-order valence-corrected chi connectivity index (χ3v) is 3.39. The lowest BCUT2D eigenvalue weighted by Gasteiger charge is -2.20. The van der Waals surface area contributed by atoms with Gasteiger partial charge in [-0.1, -0.05) is 0 Å². The number of amides is 3. The molecule has 2 rings (SSSR count). The van der Waals surface area contributed by atoms with Gasteiger partial charge in [0.2, 0.25) is 0 Å². The van der Waals surface area contributed by atoms with Crippen molar-refractivity contribution in [1.82, 2.24) is 10.2 Å². The van der Waals surface area contributed by atoms with Gasteiger partial charge in [-0.2, -0.15) is 5.26 Å². The minimum atomic E-state index is -1.09. The first kappa shape index (κ1) is 17.3. The molecule has 3 amide bonds. The molecular formula is C16H17N3O5.